The largest absolute Gasteiger partial charge is 0.370 e. The third-order valence-electron chi connectivity index (χ3n) is 4.54. The minimum absolute atomic E-state index is 0. The number of halogens is 1. The number of hydrogen-bond donors (Lipinski definition) is 2. The molecule has 1 aromatic carbocycles. The van der Waals surface area contributed by atoms with Gasteiger partial charge in [-0.05, 0) is 25.3 Å². The molecule has 0 heterocycles. The molecule has 1 amide bonds. The molecule has 140 valence electrons. The van der Waals surface area contributed by atoms with Crippen molar-refractivity contribution in [1.29, 1.82) is 0 Å². The van der Waals surface area contributed by atoms with E-state index in [1.807, 2.05) is 37.3 Å². The van der Waals surface area contributed by atoms with E-state index in [1.54, 1.807) is 4.90 Å². The lowest BCUT2D eigenvalue weighted by Gasteiger charge is -2.21. The molecule has 6 heteroatoms. The molecule has 0 atom stereocenters. The van der Waals surface area contributed by atoms with Gasteiger partial charge in [-0.15, -0.1) is 24.0 Å². The lowest BCUT2D eigenvalue weighted by Crippen LogP contribution is -2.41. The Balaban J connectivity index is 0.00000312. The van der Waals surface area contributed by atoms with Crippen molar-refractivity contribution in [1.82, 2.24) is 10.2 Å². The number of benzene rings is 1. The summed E-state index contributed by atoms with van der Waals surface area (Å²) in [6, 6.07) is 10.4. The minimum Gasteiger partial charge on any atom is -0.370 e. The van der Waals surface area contributed by atoms with Crippen LogP contribution < -0.4 is 11.1 Å². The predicted molar refractivity (Wildman–Crippen MR) is 114 cm³/mol. The molecule has 5 nitrogen and oxygen atoms in total. The van der Waals surface area contributed by atoms with Gasteiger partial charge in [-0.1, -0.05) is 56.0 Å². The van der Waals surface area contributed by atoms with Crippen LogP contribution in [0.1, 0.15) is 51.0 Å². The SMILES string of the molecule is CCN(Cc1ccccc1)C(=O)CN=C(N)NC1CCCCCC1.I. The molecule has 2 rings (SSSR count). The molecule has 0 aliphatic heterocycles. The summed E-state index contributed by atoms with van der Waals surface area (Å²) in [4.78, 5) is 18.4. The van der Waals surface area contributed by atoms with Crippen LogP contribution in [0.2, 0.25) is 0 Å². The maximum atomic E-state index is 12.4. The number of nitrogens with zero attached hydrogens (tertiary/aromatic N) is 2. The molecular formula is C19H31IN4O. The topological polar surface area (TPSA) is 70.7 Å². The van der Waals surface area contributed by atoms with Gasteiger partial charge in [0.2, 0.25) is 5.91 Å². The molecule has 0 bridgehead atoms. The zero-order valence-corrected chi connectivity index (χ0v) is 17.4. The molecule has 1 aliphatic rings. The van der Waals surface area contributed by atoms with E-state index in [0.29, 0.717) is 25.1 Å². The van der Waals surface area contributed by atoms with Crippen LogP contribution in [0.25, 0.3) is 0 Å². The lowest BCUT2D eigenvalue weighted by atomic mass is 10.1. The van der Waals surface area contributed by atoms with Gasteiger partial charge in [0.05, 0.1) is 0 Å². The standard InChI is InChI=1S/C19H30N4O.HI/c1-2-23(15-16-10-6-5-7-11-16)18(24)14-21-19(20)22-17-12-8-3-4-9-13-17;/h5-7,10-11,17H,2-4,8-9,12-15H2,1H3,(H3,20,21,22);1H. The summed E-state index contributed by atoms with van der Waals surface area (Å²) in [5, 5.41) is 3.28. The first-order valence-corrected chi connectivity index (χ1v) is 9.07. The van der Waals surface area contributed by atoms with Crippen molar-refractivity contribution >= 4 is 35.8 Å². The Kier molecular flexibility index (Phi) is 10.5. The Morgan fingerprint density at radius 1 is 1.20 bits per heavy atom. The van der Waals surface area contributed by atoms with Crippen LogP contribution >= 0.6 is 24.0 Å². The monoisotopic (exact) mass is 458 g/mol. The normalized spacial score (nSPS) is 15.8. The Hall–Kier alpha value is -1.31. The van der Waals surface area contributed by atoms with Gasteiger partial charge < -0.3 is 16.0 Å². The van der Waals surface area contributed by atoms with Crippen LogP contribution in [0.5, 0.6) is 0 Å². The quantitative estimate of drug-likeness (QED) is 0.298. The second-order valence-electron chi connectivity index (χ2n) is 6.43. The summed E-state index contributed by atoms with van der Waals surface area (Å²) in [6.45, 7) is 3.37. The van der Waals surface area contributed by atoms with E-state index < -0.39 is 0 Å². The molecule has 1 fully saturated rings. The van der Waals surface area contributed by atoms with Crippen molar-refractivity contribution in [2.75, 3.05) is 13.1 Å². The number of rotatable bonds is 6. The number of nitrogens with two attached hydrogens (primary N) is 1. The summed E-state index contributed by atoms with van der Waals surface area (Å²) in [5.41, 5.74) is 7.09. The third-order valence-corrected chi connectivity index (χ3v) is 4.54. The Morgan fingerprint density at radius 2 is 1.84 bits per heavy atom. The predicted octanol–water partition coefficient (Wildman–Crippen LogP) is 3.28. The number of carbonyl (C=O) groups excluding carboxylic acids is 1. The van der Waals surface area contributed by atoms with E-state index in [1.165, 1.54) is 25.7 Å². The fraction of sp³-hybridized carbons (Fsp3) is 0.579. The zero-order chi connectivity index (χ0) is 17.2. The molecule has 25 heavy (non-hydrogen) atoms. The van der Waals surface area contributed by atoms with Gasteiger partial charge in [-0.2, -0.15) is 0 Å². The van der Waals surface area contributed by atoms with Crippen molar-refractivity contribution in [3.05, 3.63) is 35.9 Å². The number of carbonyl (C=O) groups is 1. The summed E-state index contributed by atoms with van der Waals surface area (Å²) >= 11 is 0. The van der Waals surface area contributed by atoms with Gasteiger partial charge in [-0.25, -0.2) is 4.99 Å². The fourth-order valence-electron chi connectivity index (χ4n) is 3.11. The van der Waals surface area contributed by atoms with Crippen molar-refractivity contribution in [3.8, 4) is 0 Å². The minimum atomic E-state index is 0. The highest BCUT2D eigenvalue weighted by Gasteiger charge is 2.14. The molecular weight excluding hydrogens is 427 g/mol. The van der Waals surface area contributed by atoms with Crippen LogP contribution in [0, 0.1) is 0 Å². The van der Waals surface area contributed by atoms with E-state index in [2.05, 4.69) is 10.3 Å². The van der Waals surface area contributed by atoms with Crippen LogP contribution in [0.15, 0.2) is 35.3 Å². The molecule has 0 spiro atoms. The number of likely N-dealkylation sites (N-methyl/N-ethyl adjacent to an activating group) is 1. The van der Waals surface area contributed by atoms with E-state index in [9.17, 15) is 4.79 Å². The van der Waals surface area contributed by atoms with Crippen molar-refractivity contribution in [3.63, 3.8) is 0 Å². The number of amides is 1. The second-order valence-corrected chi connectivity index (χ2v) is 6.43. The maximum Gasteiger partial charge on any atom is 0.244 e. The average molecular weight is 458 g/mol. The van der Waals surface area contributed by atoms with Gasteiger partial charge in [0.25, 0.3) is 0 Å². The van der Waals surface area contributed by atoms with E-state index in [-0.39, 0.29) is 36.4 Å². The maximum absolute atomic E-state index is 12.4. The Morgan fingerprint density at radius 3 is 2.44 bits per heavy atom. The summed E-state index contributed by atoms with van der Waals surface area (Å²) in [7, 11) is 0. The van der Waals surface area contributed by atoms with Crippen LogP contribution in [0.3, 0.4) is 0 Å². The van der Waals surface area contributed by atoms with Crippen LogP contribution in [-0.4, -0.2) is 35.9 Å². The second kappa shape index (κ2) is 12.1. The molecule has 0 saturated heterocycles. The fourth-order valence-corrected chi connectivity index (χ4v) is 3.11. The smallest absolute Gasteiger partial charge is 0.244 e. The Labute approximate surface area is 168 Å². The molecule has 1 aliphatic carbocycles. The van der Waals surface area contributed by atoms with Crippen molar-refractivity contribution in [2.45, 2.75) is 58.0 Å². The van der Waals surface area contributed by atoms with E-state index in [4.69, 9.17) is 5.73 Å². The van der Waals surface area contributed by atoms with Crippen molar-refractivity contribution < 1.29 is 4.79 Å². The first-order chi connectivity index (χ1) is 11.7. The van der Waals surface area contributed by atoms with Gasteiger partial charge >= 0.3 is 0 Å². The number of guanidine groups is 1. The van der Waals surface area contributed by atoms with Gasteiger partial charge in [0.1, 0.15) is 6.54 Å². The molecule has 1 aromatic rings. The Bertz CT molecular complexity index is 527. The highest BCUT2D eigenvalue weighted by atomic mass is 127. The number of nitrogens with one attached hydrogen (secondary N) is 1. The zero-order valence-electron chi connectivity index (χ0n) is 15.1. The molecule has 1 saturated carbocycles. The van der Waals surface area contributed by atoms with Crippen molar-refractivity contribution in [2.24, 2.45) is 10.7 Å². The average Bonchev–Trinajstić information content (AvgIpc) is 2.87. The number of hydrogen-bond acceptors (Lipinski definition) is 2. The summed E-state index contributed by atoms with van der Waals surface area (Å²) in [5.74, 6) is 0.401. The van der Waals surface area contributed by atoms with Gasteiger partial charge in [0.15, 0.2) is 5.96 Å². The summed E-state index contributed by atoms with van der Waals surface area (Å²) < 4.78 is 0. The number of aliphatic imine (C=N–C) groups is 1. The van der Waals surface area contributed by atoms with Crippen LogP contribution in [-0.2, 0) is 11.3 Å². The first kappa shape index (κ1) is 21.7. The first-order valence-electron chi connectivity index (χ1n) is 9.07. The highest BCUT2D eigenvalue weighted by molar-refractivity contribution is 14.0. The van der Waals surface area contributed by atoms with Gasteiger partial charge in [-0.3, -0.25) is 4.79 Å². The van der Waals surface area contributed by atoms with E-state index in [0.717, 1.165) is 18.4 Å². The van der Waals surface area contributed by atoms with E-state index >= 15 is 0 Å². The lowest BCUT2D eigenvalue weighted by molar-refractivity contribution is -0.130. The highest BCUT2D eigenvalue weighted by Crippen LogP contribution is 2.16. The summed E-state index contributed by atoms with van der Waals surface area (Å²) in [6.07, 6.45) is 7.37. The molecule has 0 unspecified atom stereocenters. The molecule has 3 N–H and O–H groups in total. The van der Waals surface area contributed by atoms with Crippen LogP contribution in [0.4, 0.5) is 0 Å². The third kappa shape index (κ3) is 8.07. The molecule has 0 aromatic heterocycles. The molecule has 0 radical (unpaired) electrons. The van der Waals surface area contributed by atoms with Gasteiger partial charge in [0, 0.05) is 19.1 Å².